The van der Waals surface area contributed by atoms with E-state index in [1.54, 1.807) is 12.1 Å². The molecule has 0 spiro atoms. The van der Waals surface area contributed by atoms with Crippen LogP contribution < -0.4 is 10.6 Å². The molecule has 1 aliphatic heterocycles. The lowest BCUT2D eigenvalue weighted by molar-refractivity contribution is -0.137. The van der Waals surface area contributed by atoms with Gasteiger partial charge >= 0.3 is 6.18 Å². The third-order valence-corrected chi connectivity index (χ3v) is 4.39. The van der Waals surface area contributed by atoms with E-state index in [1.165, 1.54) is 18.3 Å². The molecule has 0 saturated carbocycles. The second-order valence-corrected chi connectivity index (χ2v) is 6.36. The molecule has 142 valence electrons. The maximum atomic E-state index is 12.9. The van der Waals surface area contributed by atoms with Crippen LogP contribution in [0.2, 0.25) is 0 Å². The minimum atomic E-state index is -4.44. The summed E-state index contributed by atoms with van der Waals surface area (Å²) in [6.07, 6.45) is -1.56. The molecule has 2 aromatic rings. The Hall–Kier alpha value is -2.90. The van der Waals surface area contributed by atoms with Crippen LogP contribution in [-0.2, 0) is 11.0 Å². The first kappa shape index (κ1) is 18.9. The van der Waals surface area contributed by atoms with Crippen LogP contribution in [0.4, 0.5) is 13.2 Å². The average Bonchev–Trinajstić information content (AvgIpc) is 2.85. The van der Waals surface area contributed by atoms with E-state index in [-0.39, 0.29) is 17.6 Å². The second-order valence-electron chi connectivity index (χ2n) is 6.36. The molecule has 2 amide bonds. The smallest absolute Gasteiger partial charge is 0.356 e. The standard InChI is InChI=1S/C19H18F3N3O2/c20-19(21,22)14-3-1-2-12(10-14)13-6-8-23-16(11-13)18(27)25-15-4-5-17(26)24-9-7-15/h1-3,6,8,10-11,15H,4-5,7,9H2,(H,24,26)(H,25,27)/t15-/m0/s1. The SMILES string of the molecule is O=C1CC[C@H](NC(=O)c2cc(-c3cccc(C(F)(F)F)c3)ccn2)CCN1. The number of pyridine rings is 1. The molecule has 0 bridgehead atoms. The van der Waals surface area contributed by atoms with E-state index in [4.69, 9.17) is 0 Å². The first-order chi connectivity index (χ1) is 12.8. The number of hydrogen-bond acceptors (Lipinski definition) is 3. The number of alkyl halides is 3. The summed E-state index contributed by atoms with van der Waals surface area (Å²) in [7, 11) is 0. The molecule has 0 radical (unpaired) electrons. The maximum absolute atomic E-state index is 12.9. The molecule has 1 aliphatic rings. The van der Waals surface area contributed by atoms with Crippen LogP contribution in [0.25, 0.3) is 11.1 Å². The van der Waals surface area contributed by atoms with Gasteiger partial charge in [-0.15, -0.1) is 0 Å². The summed E-state index contributed by atoms with van der Waals surface area (Å²) >= 11 is 0. The Balaban J connectivity index is 1.77. The first-order valence-corrected chi connectivity index (χ1v) is 8.54. The van der Waals surface area contributed by atoms with Crippen molar-refractivity contribution in [2.24, 2.45) is 0 Å². The molecule has 27 heavy (non-hydrogen) atoms. The Bertz CT molecular complexity index is 852. The molecule has 0 unspecified atom stereocenters. The van der Waals surface area contributed by atoms with Crippen LogP contribution in [-0.4, -0.2) is 29.4 Å². The zero-order chi connectivity index (χ0) is 19.4. The largest absolute Gasteiger partial charge is 0.416 e. The number of nitrogens with one attached hydrogen (secondary N) is 2. The third kappa shape index (κ3) is 4.84. The van der Waals surface area contributed by atoms with Crippen LogP contribution in [0.5, 0.6) is 0 Å². The second kappa shape index (κ2) is 7.77. The number of nitrogens with zero attached hydrogens (tertiary/aromatic N) is 1. The highest BCUT2D eigenvalue weighted by Crippen LogP contribution is 2.32. The third-order valence-electron chi connectivity index (χ3n) is 4.39. The van der Waals surface area contributed by atoms with Crippen molar-refractivity contribution >= 4 is 11.8 Å². The predicted molar refractivity (Wildman–Crippen MR) is 92.8 cm³/mol. The molecule has 3 rings (SSSR count). The maximum Gasteiger partial charge on any atom is 0.416 e. The highest BCUT2D eigenvalue weighted by atomic mass is 19.4. The molecule has 8 heteroatoms. The Kier molecular flexibility index (Phi) is 5.43. The fourth-order valence-corrected chi connectivity index (χ4v) is 2.94. The van der Waals surface area contributed by atoms with Gasteiger partial charge in [0.25, 0.3) is 5.91 Å². The number of carbonyl (C=O) groups is 2. The van der Waals surface area contributed by atoms with Crippen molar-refractivity contribution < 1.29 is 22.8 Å². The van der Waals surface area contributed by atoms with Gasteiger partial charge in [-0.1, -0.05) is 12.1 Å². The molecule has 1 saturated heterocycles. The van der Waals surface area contributed by atoms with E-state index in [2.05, 4.69) is 15.6 Å². The van der Waals surface area contributed by atoms with Crippen LogP contribution in [0.1, 0.15) is 35.3 Å². The molecule has 0 aliphatic carbocycles. The molecule has 1 atom stereocenters. The molecular weight excluding hydrogens is 359 g/mol. The lowest BCUT2D eigenvalue weighted by Crippen LogP contribution is -2.35. The molecule has 1 fully saturated rings. The fourth-order valence-electron chi connectivity index (χ4n) is 2.94. The van der Waals surface area contributed by atoms with Gasteiger partial charge in [0.1, 0.15) is 5.69 Å². The summed E-state index contributed by atoms with van der Waals surface area (Å²) < 4.78 is 38.7. The quantitative estimate of drug-likeness (QED) is 0.863. The number of aromatic nitrogens is 1. The molecule has 2 heterocycles. The summed E-state index contributed by atoms with van der Waals surface area (Å²) in [4.78, 5) is 27.8. The van der Waals surface area contributed by atoms with Gasteiger partial charge in [-0.2, -0.15) is 13.2 Å². The van der Waals surface area contributed by atoms with Gasteiger partial charge in [0.15, 0.2) is 0 Å². The average molecular weight is 377 g/mol. The summed E-state index contributed by atoms with van der Waals surface area (Å²) in [6.45, 7) is 0.488. The highest BCUT2D eigenvalue weighted by molar-refractivity contribution is 5.93. The molecule has 5 nitrogen and oxygen atoms in total. The summed E-state index contributed by atoms with van der Waals surface area (Å²) in [5.74, 6) is -0.459. The van der Waals surface area contributed by atoms with Crippen molar-refractivity contribution in [2.45, 2.75) is 31.5 Å². The van der Waals surface area contributed by atoms with Gasteiger partial charge in [0.05, 0.1) is 5.56 Å². The highest BCUT2D eigenvalue weighted by Gasteiger charge is 2.30. The first-order valence-electron chi connectivity index (χ1n) is 8.54. The van der Waals surface area contributed by atoms with Gasteiger partial charge in [-0.25, -0.2) is 0 Å². The van der Waals surface area contributed by atoms with Crippen molar-refractivity contribution in [3.05, 3.63) is 53.9 Å². The van der Waals surface area contributed by atoms with Gasteiger partial charge in [0.2, 0.25) is 5.91 Å². The van der Waals surface area contributed by atoms with E-state index in [0.29, 0.717) is 36.9 Å². The van der Waals surface area contributed by atoms with Gasteiger partial charge in [0, 0.05) is 25.2 Å². The van der Waals surface area contributed by atoms with Crippen molar-refractivity contribution in [2.75, 3.05) is 6.54 Å². The number of halogens is 3. The molecule has 1 aromatic carbocycles. The van der Waals surface area contributed by atoms with E-state index in [1.807, 2.05) is 0 Å². The van der Waals surface area contributed by atoms with Crippen molar-refractivity contribution in [3.8, 4) is 11.1 Å². The van der Waals surface area contributed by atoms with Crippen molar-refractivity contribution in [1.29, 1.82) is 0 Å². The Morgan fingerprint density at radius 3 is 2.70 bits per heavy atom. The van der Waals surface area contributed by atoms with E-state index in [0.717, 1.165) is 12.1 Å². The summed E-state index contributed by atoms with van der Waals surface area (Å²) in [6, 6.07) is 7.78. The van der Waals surface area contributed by atoms with Crippen LogP contribution in [0.3, 0.4) is 0 Å². The van der Waals surface area contributed by atoms with Crippen LogP contribution in [0, 0.1) is 0 Å². The fraction of sp³-hybridized carbons (Fsp3) is 0.316. The minimum Gasteiger partial charge on any atom is -0.356 e. The Morgan fingerprint density at radius 1 is 1.15 bits per heavy atom. The number of hydrogen-bond donors (Lipinski definition) is 2. The number of carbonyl (C=O) groups excluding carboxylic acids is 2. The van der Waals surface area contributed by atoms with Crippen LogP contribution in [0.15, 0.2) is 42.6 Å². The topological polar surface area (TPSA) is 71.1 Å². The van der Waals surface area contributed by atoms with E-state index in [9.17, 15) is 22.8 Å². The summed E-state index contributed by atoms with van der Waals surface area (Å²) in [5.41, 5.74) is 0.191. The molecular formula is C19H18F3N3O2. The van der Waals surface area contributed by atoms with Gasteiger partial charge in [-0.05, 0) is 48.2 Å². The number of benzene rings is 1. The number of rotatable bonds is 3. The Labute approximate surface area is 154 Å². The van der Waals surface area contributed by atoms with Crippen molar-refractivity contribution in [3.63, 3.8) is 0 Å². The molecule has 2 N–H and O–H groups in total. The van der Waals surface area contributed by atoms with Crippen LogP contribution >= 0.6 is 0 Å². The normalized spacial score (nSPS) is 17.7. The lowest BCUT2D eigenvalue weighted by Gasteiger charge is -2.15. The zero-order valence-corrected chi connectivity index (χ0v) is 14.3. The summed E-state index contributed by atoms with van der Waals surface area (Å²) in [5, 5.41) is 5.57. The van der Waals surface area contributed by atoms with Gasteiger partial charge < -0.3 is 10.6 Å². The predicted octanol–water partition coefficient (Wildman–Crippen LogP) is 3.17. The van der Waals surface area contributed by atoms with E-state index < -0.39 is 17.6 Å². The molecule has 1 aromatic heterocycles. The van der Waals surface area contributed by atoms with E-state index >= 15 is 0 Å². The van der Waals surface area contributed by atoms with Crippen molar-refractivity contribution in [1.82, 2.24) is 15.6 Å². The van der Waals surface area contributed by atoms with Gasteiger partial charge in [-0.3, -0.25) is 14.6 Å². The lowest BCUT2D eigenvalue weighted by atomic mass is 10.0. The number of amides is 2. The monoisotopic (exact) mass is 377 g/mol. The Morgan fingerprint density at radius 2 is 1.93 bits per heavy atom. The zero-order valence-electron chi connectivity index (χ0n) is 14.3. The minimum absolute atomic E-state index is 0.0450.